The third-order valence-electron chi connectivity index (χ3n) is 16.2. The first-order chi connectivity index (χ1) is 55.0. The zero-order chi connectivity index (χ0) is 81.8. The smallest absolute Gasteiger partial charge is 0.307 e. The second kappa shape index (κ2) is 49.2. The zero-order valence-corrected chi connectivity index (χ0v) is 66.6. The van der Waals surface area contributed by atoms with Crippen LogP contribution in [-0.2, 0) is 93.5 Å². The summed E-state index contributed by atoms with van der Waals surface area (Å²) in [5.74, 6) is -3.75. The van der Waals surface area contributed by atoms with Gasteiger partial charge in [-0.15, -0.1) is 0 Å². The largest absolute Gasteiger partial charge is 0.481 e. The van der Waals surface area contributed by atoms with Crippen LogP contribution in [0.2, 0.25) is 0 Å². The number of hydrogen-bond donors (Lipinski definition) is 7. The van der Waals surface area contributed by atoms with Gasteiger partial charge < -0.3 is 37.0 Å². The molecule has 0 saturated heterocycles. The molecule has 0 aliphatic carbocycles. The number of amides is 3. The SMILES string of the molecule is NCc1cccc(F)c1.O=C(Cc1cccc(-c2ccccc2)c1)NCc1cccc(F)c1.O=C(Cc1cccc(-c2ccccc2)c1)NCc1cccc(F)c1.O=C(Cc1cccc(Br)c1)NCc1cccc(F)c1.O=C(O)Cc1cccc(-c2ccccc2)c1.O=C(O)Cc1cccc(Br)c1.O=C(O)Cc1cccc(Br)c1. The van der Waals surface area contributed by atoms with E-state index in [0.29, 0.717) is 45.4 Å². The molecule has 0 bridgehead atoms. The van der Waals surface area contributed by atoms with Crippen molar-refractivity contribution in [3.05, 3.63) is 426 Å². The van der Waals surface area contributed by atoms with E-state index in [1.165, 1.54) is 48.5 Å². The molecule has 8 N–H and O–H groups in total. The van der Waals surface area contributed by atoms with Gasteiger partial charge in [-0.25, -0.2) is 17.6 Å². The number of benzene rings is 13. The van der Waals surface area contributed by atoms with Gasteiger partial charge in [-0.3, -0.25) is 28.8 Å². The first kappa shape index (κ1) is 89.0. The van der Waals surface area contributed by atoms with E-state index >= 15 is 0 Å². The molecule has 20 heteroatoms. The zero-order valence-electron chi connectivity index (χ0n) is 61.8. The molecule has 13 nitrogen and oxygen atoms in total. The summed E-state index contributed by atoms with van der Waals surface area (Å²) in [4.78, 5) is 67.1. The molecule has 0 fully saturated rings. The Labute approximate surface area is 686 Å². The van der Waals surface area contributed by atoms with Gasteiger partial charge in [0.2, 0.25) is 17.7 Å². The monoisotopic (exact) mass is 1720 g/mol. The number of nitrogens with one attached hydrogen (secondary N) is 3. The first-order valence-corrected chi connectivity index (χ1v) is 38.2. The van der Waals surface area contributed by atoms with Crippen LogP contribution in [0.1, 0.15) is 55.6 Å². The molecular formula is C94H83Br3F4N4O9. The van der Waals surface area contributed by atoms with Gasteiger partial charge in [0.05, 0.1) is 38.5 Å². The Kier molecular flexibility index (Phi) is 38.4. The van der Waals surface area contributed by atoms with Crippen molar-refractivity contribution in [3.8, 4) is 33.4 Å². The van der Waals surface area contributed by atoms with Gasteiger partial charge in [-0.1, -0.05) is 297 Å². The summed E-state index contributed by atoms with van der Waals surface area (Å²) in [6.45, 7) is 1.40. The maximum atomic E-state index is 13.1. The molecule has 3 amide bonds. The topological polar surface area (TPSA) is 225 Å². The van der Waals surface area contributed by atoms with E-state index in [-0.39, 0.29) is 60.3 Å². The molecule has 0 atom stereocenters. The second-order valence-corrected chi connectivity index (χ2v) is 28.1. The predicted octanol–water partition coefficient (Wildman–Crippen LogP) is 20.6. The Morgan fingerprint density at radius 3 is 0.702 bits per heavy atom. The van der Waals surface area contributed by atoms with Gasteiger partial charge >= 0.3 is 17.9 Å². The van der Waals surface area contributed by atoms with Crippen LogP contribution in [0.3, 0.4) is 0 Å². The number of halogens is 7. The Hall–Kier alpha value is -12.2. The molecule has 13 aromatic carbocycles. The molecule has 582 valence electrons. The van der Waals surface area contributed by atoms with Gasteiger partial charge in [0, 0.05) is 39.6 Å². The quantitative estimate of drug-likeness (QED) is 0.0318. The van der Waals surface area contributed by atoms with Gasteiger partial charge in [0.1, 0.15) is 23.3 Å². The highest BCUT2D eigenvalue weighted by Gasteiger charge is 2.11. The summed E-state index contributed by atoms with van der Waals surface area (Å²) in [5, 5.41) is 34.0. The number of carboxylic acids is 3. The highest BCUT2D eigenvalue weighted by atomic mass is 79.9. The molecule has 13 rings (SSSR count). The predicted molar refractivity (Wildman–Crippen MR) is 452 cm³/mol. The van der Waals surface area contributed by atoms with Gasteiger partial charge in [0.15, 0.2) is 0 Å². The van der Waals surface area contributed by atoms with Crippen LogP contribution in [0.15, 0.2) is 347 Å². The molecule has 0 aliphatic heterocycles. The molecule has 0 saturated carbocycles. The fraction of sp³-hybridized carbons (Fsp3) is 0.106. The summed E-state index contributed by atoms with van der Waals surface area (Å²) in [5.41, 5.74) is 20.2. The van der Waals surface area contributed by atoms with Gasteiger partial charge in [0.25, 0.3) is 0 Å². The molecule has 0 spiro atoms. The Balaban J connectivity index is 0.000000189. The molecule has 0 heterocycles. The van der Waals surface area contributed by atoms with Crippen molar-refractivity contribution in [1.29, 1.82) is 0 Å². The molecular weight excluding hydrogens is 1640 g/mol. The minimum absolute atomic E-state index is 0.0701. The average Bonchev–Trinajstić information content (AvgIpc) is 0.863. The van der Waals surface area contributed by atoms with E-state index in [1.54, 1.807) is 72.8 Å². The molecule has 0 unspecified atom stereocenters. The standard InChI is InChI=1S/2C21H18FNO.C15H13BrFNO.C14H12O2.2C8H7BrO2.C7H8FN/c2*22-20-11-5-7-17(13-20)15-23-21(24)14-16-6-4-10-19(12-16)18-8-2-1-3-9-18;16-13-5-1-3-11(7-13)9-15(19)18-10-12-4-2-6-14(17)8-12;15-14(16)10-11-5-4-8-13(9-11)12-6-2-1-3-7-12;2*9-7-3-1-2-6(4-7)5-8(10)11;8-7-3-1-2-6(4-7)5-9/h2*1-13H,14-15H2,(H,23,24);1-8H,9-10H2,(H,18,19);1-9H,10H2,(H,15,16);2*1-4H,5H2,(H,10,11);1-4H,5,9H2. The van der Waals surface area contributed by atoms with Crippen molar-refractivity contribution in [2.75, 3.05) is 0 Å². The Bertz CT molecular complexity index is 5020. The van der Waals surface area contributed by atoms with Gasteiger partial charge in [-0.2, -0.15) is 0 Å². The number of nitrogens with two attached hydrogens (primary N) is 1. The summed E-state index contributed by atoms with van der Waals surface area (Å²) >= 11 is 9.88. The lowest BCUT2D eigenvalue weighted by molar-refractivity contribution is -0.137. The highest BCUT2D eigenvalue weighted by molar-refractivity contribution is 9.11. The van der Waals surface area contributed by atoms with E-state index in [2.05, 4.69) is 63.7 Å². The number of carbonyl (C=O) groups is 6. The maximum Gasteiger partial charge on any atom is 0.307 e. The van der Waals surface area contributed by atoms with E-state index in [1.807, 2.05) is 212 Å². The minimum atomic E-state index is -0.803. The number of carboxylic acid groups (broad SMARTS) is 3. The van der Waals surface area contributed by atoms with Crippen LogP contribution in [-0.4, -0.2) is 50.9 Å². The third kappa shape index (κ3) is 35.9. The number of aliphatic carboxylic acids is 3. The van der Waals surface area contributed by atoms with Crippen LogP contribution in [0.4, 0.5) is 17.6 Å². The van der Waals surface area contributed by atoms with Crippen molar-refractivity contribution in [2.24, 2.45) is 5.73 Å². The average molecular weight is 1730 g/mol. The Morgan fingerprint density at radius 1 is 0.246 bits per heavy atom. The van der Waals surface area contributed by atoms with Crippen molar-refractivity contribution in [2.45, 2.75) is 64.7 Å². The van der Waals surface area contributed by atoms with Gasteiger partial charge in [-0.05, 0) is 174 Å². The minimum Gasteiger partial charge on any atom is -0.481 e. The van der Waals surface area contributed by atoms with Crippen LogP contribution in [0, 0.1) is 23.3 Å². The second-order valence-electron chi connectivity index (χ2n) is 25.4. The van der Waals surface area contributed by atoms with Crippen molar-refractivity contribution < 1.29 is 61.6 Å². The van der Waals surface area contributed by atoms with Crippen LogP contribution < -0.4 is 21.7 Å². The molecule has 0 radical (unpaired) electrons. The lowest BCUT2D eigenvalue weighted by Crippen LogP contribution is -2.24. The highest BCUT2D eigenvalue weighted by Crippen LogP contribution is 2.24. The molecule has 114 heavy (non-hydrogen) atoms. The van der Waals surface area contributed by atoms with Crippen molar-refractivity contribution >= 4 is 83.4 Å². The molecule has 0 aliphatic rings. The fourth-order valence-electron chi connectivity index (χ4n) is 10.9. The summed E-state index contributed by atoms with van der Waals surface area (Å²) in [6.07, 6.45) is 1.15. The lowest BCUT2D eigenvalue weighted by atomic mass is 10.0. The first-order valence-electron chi connectivity index (χ1n) is 35.8. The fourth-order valence-corrected chi connectivity index (χ4v) is 12.2. The van der Waals surface area contributed by atoms with Crippen molar-refractivity contribution in [1.82, 2.24) is 16.0 Å². The molecule has 13 aromatic rings. The van der Waals surface area contributed by atoms with Crippen LogP contribution in [0.25, 0.3) is 33.4 Å². The van der Waals surface area contributed by atoms with E-state index in [0.717, 1.165) is 102 Å². The molecule has 0 aromatic heterocycles. The van der Waals surface area contributed by atoms with Crippen molar-refractivity contribution in [3.63, 3.8) is 0 Å². The normalized spacial score (nSPS) is 10.1. The maximum absolute atomic E-state index is 13.1. The number of hydrogen-bond acceptors (Lipinski definition) is 7. The third-order valence-corrected chi connectivity index (χ3v) is 17.7. The summed E-state index contributed by atoms with van der Waals surface area (Å²) in [7, 11) is 0. The van der Waals surface area contributed by atoms with E-state index < -0.39 is 17.9 Å². The van der Waals surface area contributed by atoms with Crippen LogP contribution >= 0.6 is 47.8 Å². The van der Waals surface area contributed by atoms with E-state index in [4.69, 9.17) is 21.1 Å². The number of rotatable bonds is 22. The van der Waals surface area contributed by atoms with E-state index in [9.17, 15) is 46.3 Å². The summed E-state index contributed by atoms with van der Waals surface area (Å²) < 4.78 is 54.3. The summed E-state index contributed by atoms with van der Waals surface area (Å²) in [6, 6.07) is 101. The number of carbonyl (C=O) groups excluding carboxylic acids is 3. The lowest BCUT2D eigenvalue weighted by Gasteiger charge is -2.07. The Morgan fingerprint density at radius 2 is 0.456 bits per heavy atom. The van der Waals surface area contributed by atoms with Crippen LogP contribution in [0.5, 0.6) is 0 Å².